The van der Waals surface area contributed by atoms with Crippen LogP contribution in [0.3, 0.4) is 0 Å². The highest BCUT2D eigenvalue weighted by atomic mass is 16.3. The fourth-order valence-electron chi connectivity index (χ4n) is 3.28. The number of hydrogen-bond donors (Lipinski definition) is 0. The van der Waals surface area contributed by atoms with Gasteiger partial charge in [0.1, 0.15) is 17.0 Å². The summed E-state index contributed by atoms with van der Waals surface area (Å²) in [7, 11) is 0. The van der Waals surface area contributed by atoms with Crippen molar-refractivity contribution in [2.24, 2.45) is 0 Å². The zero-order chi connectivity index (χ0) is 17.5. The van der Waals surface area contributed by atoms with Gasteiger partial charge in [-0.2, -0.15) is 0 Å². The van der Waals surface area contributed by atoms with E-state index >= 15 is 0 Å². The van der Waals surface area contributed by atoms with Gasteiger partial charge >= 0.3 is 0 Å². The Hall–Kier alpha value is -3.53. The van der Waals surface area contributed by atoms with Crippen molar-refractivity contribution in [2.75, 3.05) is 0 Å². The molecule has 0 spiro atoms. The fraction of sp³-hybridized carbons (Fsp3) is 0.0455. The minimum Gasteiger partial charge on any atom is -0.456 e. The smallest absolute Gasteiger partial charge is 0.164 e. The minimum atomic E-state index is 0.661. The van der Waals surface area contributed by atoms with Crippen LogP contribution in [0.4, 0.5) is 0 Å². The molecule has 2 aromatic heterocycles. The Morgan fingerprint density at radius 2 is 1.38 bits per heavy atom. The van der Waals surface area contributed by atoms with Crippen molar-refractivity contribution in [1.82, 2.24) is 15.0 Å². The molecule has 0 bridgehead atoms. The molecule has 124 valence electrons. The van der Waals surface area contributed by atoms with E-state index < -0.39 is 0 Å². The van der Waals surface area contributed by atoms with Gasteiger partial charge in [-0.25, -0.2) is 15.0 Å². The monoisotopic (exact) mass is 337 g/mol. The second kappa shape index (κ2) is 5.77. The molecular formula is C22H15N3O. The van der Waals surface area contributed by atoms with E-state index in [4.69, 9.17) is 9.40 Å². The van der Waals surface area contributed by atoms with Crippen molar-refractivity contribution in [3.05, 3.63) is 78.6 Å². The van der Waals surface area contributed by atoms with Gasteiger partial charge in [0.25, 0.3) is 0 Å². The van der Waals surface area contributed by atoms with Gasteiger partial charge in [-0.1, -0.05) is 60.7 Å². The van der Waals surface area contributed by atoms with Gasteiger partial charge in [0.05, 0.1) is 0 Å². The molecule has 0 amide bonds. The molecule has 26 heavy (non-hydrogen) atoms. The number of rotatable bonds is 2. The molecule has 0 radical (unpaired) electrons. The molecule has 0 atom stereocenters. The van der Waals surface area contributed by atoms with Gasteiger partial charge in [-0.15, -0.1) is 0 Å². The van der Waals surface area contributed by atoms with Crippen LogP contribution in [0.25, 0.3) is 44.7 Å². The Balaban J connectivity index is 1.80. The first-order valence-corrected chi connectivity index (χ1v) is 8.48. The highest BCUT2D eigenvalue weighted by Gasteiger charge is 2.15. The van der Waals surface area contributed by atoms with Crippen LogP contribution < -0.4 is 0 Å². The maximum Gasteiger partial charge on any atom is 0.164 e. The number of nitrogens with zero attached hydrogens (tertiary/aromatic N) is 3. The molecule has 0 unspecified atom stereocenters. The molecule has 0 saturated heterocycles. The van der Waals surface area contributed by atoms with E-state index in [1.54, 1.807) is 0 Å². The standard InChI is InChI=1S/C22H15N3O/c1-14-23-21(15-8-3-2-4-9-15)25-22(24-14)17-11-7-13-19-20(17)16-10-5-6-12-18(16)26-19/h2-13H,1H3. The fourth-order valence-corrected chi connectivity index (χ4v) is 3.28. The number of aryl methyl sites for hydroxylation is 1. The van der Waals surface area contributed by atoms with Crippen molar-refractivity contribution in [3.8, 4) is 22.8 Å². The minimum absolute atomic E-state index is 0.661. The first kappa shape index (κ1) is 14.8. The molecule has 3 aromatic carbocycles. The van der Waals surface area contributed by atoms with Crippen LogP contribution in [0.15, 0.2) is 77.2 Å². The molecule has 2 heterocycles. The maximum absolute atomic E-state index is 5.99. The van der Waals surface area contributed by atoms with Crippen molar-refractivity contribution >= 4 is 21.9 Å². The van der Waals surface area contributed by atoms with Crippen molar-refractivity contribution in [2.45, 2.75) is 6.92 Å². The molecule has 0 aliphatic rings. The third kappa shape index (κ3) is 2.35. The molecule has 0 aliphatic heterocycles. The lowest BCUT2D eigenvalue weighted by Crippen LogP contribution is -1.99. The third-order valence-electron chi connectivity index (χ3n) is 4.42. The largest absolute Gasteiger partial charge is 0.456 e. The Labute approximate surface area is 150 Å². The number of fused-ring (bicyclic) bond motifs is 3. The summed E-state index contributed by atoms with van der Waals surface area (Å²) >= 11 is 0. The number of benzene rings is 3. The number of aromatic nitrogens is 3. The first-order chi connectivity index (χ1) is 12.8. The Morgan fingerprint density at radius 3 is 2.27 bits per heavy atom. The van der Waals surface area contributed by atoms with Crippen LogP contribution >= 0.6 is 0 Å². The SMILES string of the molecule is Cc1nc(-c2ccccc2)nc(-c2cccc3oc4ccccc4c23)n1. The maximum atomic E-state index is 5.99. The first-order valence-electron chi connectivity index (χ1n) is 8.48. The molecule has 0 N–H and O–H groups in total. The number of furan rings is 1. The van der Waals surface area contributed by atoms with E-state index in [9.17, 15) is 0 Å². The van der Waals surface area contributed by atoms with Gasteiger partial charge < -0.3 is 4.42 Å². The van der Waals surface area contributed by atoms with Crippen molar-refractivity contribution in [1.29, 1.82) is 0 Å². The van der Waals surface area contributed by atoms with Gasteiger partial charge in [0.2, 0.25) is 0 Å². The molecule has 4 nitrogen and oxygen atoms in total. The van der Waals surface area contributed by atoms with E-state index in [2.05, 4.69) is 16.0 Å². The molecular weight excluding hydrogens is 322 g/mol. The predicted molar refractivity (Wildman–Crippen MR) is 103 cm³/mol. The Morgan fingerprint density at radius 1 is 0.654 bits per heavy atom. The lowest BCUT2D eigenvalue weighted by atomic mass is 10.1. The van der Waals surface area contributed by atoms with Crippen LogP contribution in [0.5, 0.6) is 0 Å². The van der Waals surface area contributed by atoms with Gasteiger partial charge in [0.15, 0.2) is 11.6 Å². The summed E-state index contributed by atoms with van der Waals surface area (Å²) in [6, 6.07) is 24.0. The summed E-state index contributed by atoms with van der Waals surface area (Å²) < 4.78 is 5.99. The van der Waals surface area contributed by atoms with Crippen LogP contribution in [-0.2, 0) is 0 Å². The van der Waals surface area contributed by atoms with E-state index in [-0.39, 0.29) is 0 Å². The number of para-hydroxylation sites is 1. The van der Waals surface area contributed by atoms with Crippen LogP contribution in [-0.4, -0.2) is 15.0 Å². The van der Waals surface area contributed by atoms with Crippen LogP contribution in [0.1, 0.15) is 5.82 Å². The zero-order valence-electron chi connectivity index (χ0n) is 14.2. The highest BCUT2D eigenvalue weighted by molar-refractivity contribution is 6.11. The van der Waals surface area contributed by atoms with Crippen LogP contribution in [0.2, 0.25) is 0 Å². The van der Waals surface area contributed by atoms with E-state index in [0.29, 0.717) is 17.5 Å². The molecule has 0 aliphatic carbocycles. The predicted octanol–water partition coefficient (Wildman–Crippen LogP) is 5.41. The highest BCUT2D eigenvalue weighted by Crippen LogP contribution is 2.35. The van der Waals surface area contributed by atoms with Crippen LogP contribution in [0, 0.1) is 6.92 Å². The lowest BCUT2D eigenvalue weighted by Gasteiger charge is -2.06. The lowest BCUT2D eigenvalue weighted by molar-refractivity contribution is 0.669. The van der Waals surface area contributed by atoms with Gasteiger partial charge in [-0.05, 0) is 19.1 Å². The average Bonchev–Trinajstić information content (AvgIpc) is 3.07. The second-order valence-electron chi connectivity index (χ2n) is 6.17. The summed E-state index contributed by atoms with van der Waals surface area (Å²) in [5.41, 5.74) is 3.63. The van der Waals surface area contributed by atoms with E-state index in [1.165, 1.54) is 0 Å². The summed E-state index contributed by atoms with van der Waals surface area (Å²) in [6.45, 7) is 1.89. The summed E-state index contributed by atoms with van der Waals surface area (Å²) in [5, 5.41) is 2.10. The molecule has 4 heteroatoms. The summed E-state index contributed by atoms with van der Waals surface area (Å²) in [6.07, 6.45) is 0. The number of hydrogen-bond acceptors (Lipinski definition) is 4. The van der Waals surface area contributed by atoms with Crippen molar-refractivity contribution in [3.63, 3.8) is 0 Å². The topological polar surface area (TPSA) is 51.8 Å². The molecule has 0 saturated carbocycles. The molecule has 5 rings (SSSR count). The van der Waals surface area contributed by atoms with Gasteiger partial charge in [0, 0.05) is 21.9 Å². The Kier molecular flexibility index (Phi) is 3.28. The third-order valence-corrected chi connectivity index (χ3v) is 4.42. The van der Waals surface area contributed by atoms with Gasteiger partial charge in [-0.3, -0.25) is 0 Å². The zero-order valence-corrected chi connectivity index (χ0v) is 14.2. The van der Waals surface area contributed by atoms with E-state index in [1.807, 2.05) is 73.7 Å². The quantitative estimate of drug-likeness (QED) is 0.432. The second-order valence-corrected chi connectivity index (χ2v) is 6.17. The molecule has 0 fully saturated rings. The summed E-state index contributed by atoms with van der Waals surface area (Å²) in [5.74, 6) is 2.03. The van der Waals surface area contributed by atoms with Crippen molar-refractivity contribution < 1.29 is 4.42 Å². The molecule has 5 aromatic rings. The normalized spacial score (nSPS) is 11.3. The van der Waals surface area contributed by atoms with E-state index in [0.717, 1.165) is 33.1 Å². The summed E-state index contributed by atoms with van der Waals surface area (Å²) in [4.78, 5) is 13.9. The Bertz CT molecular complexity index is 1240. The average molecular weight is 337 g/mol.